The zero-order valence-electron chi connectivity index (χ0n) is 13.8. The lowest BCUT2D eigenvalue weighted by molar-refractivity contribution is 0.491. The van der Waals surface area contributed by atoms with Crippen LogP contribution in [0.3, 0.4) is 0 Å². The Morgan fingerprint density at radius 1 is 1.26 bits per heavy atom. The summed E-state index contributed by atoms with van der Waals surface area (Å²) in [6.45, 7) is 1.56. The highest BCUT2D eigenvalue weighted by molar-refractivity contribution is 5.79. The molecule has 1 aromatic carbocycles. The minimum Gasteiger partial charge on any atom is -0.356 e. The van der Waals surface area contributed by atoms with E-state index in [1.807, 2.05) is 7.05 Å². The molecule has 0 atom stereocenters. The Hall–Kier alpha value is -2.37. The third kappa shape index (κ3) is 4.09. The van der Waals surface area contributed by atoms with Gasteiger partial charge in [-0.25, -0.2) is 4.98 Å². The zero-order chi connectivity index (χ0) is 16.1. The van der Waals surface area contributed by atoms with Crippen molar-refractivity contribution < 1.29 is 0 Å². The molecule has 122 valence electrons. The minimum absolute atomic E-state index is 0.379. The molecule has 1 heterocycles. The second kappa shape index (κ2) is 6.81. The number of rotatable bonds is 6. The average molecular weight is 312 g/mol. The van der Waals surface area contributed by atoms with Gasteiger partial charge < -0.3 is 10.6 Å². The Bertz CT molecular complexity index is 657. The number of benzene rings is 1. The van der Waals surface area contributed by atoms with Gasteiger partial charge in [-0.3, -0.25) is 9.67 Å². The first-order chi connectivity index (χ1) is 11.2. The third-order valence-electron chi connectivity index (χ3n) is 4.45. The maximum absolute atomic E-state index is 4.29. The second-order valence-electron chi connectivity index (χ2n) is 6.24. The van der Waals surface area contributed by atoms with Crippen LogP contribution in [0.1, 0.15) is 24.2 Å². The number of hydrogen-bond donors (Lipinski definition) is 2. The van der Waals surface area contributed by atoms with Crippen molar-refractivity contribution in [3.05, 3.63) is 48.0 Å². The molecule has 0 aliphatic heterocycles. The lowest BCUT2D eigenvalue weighted by Gasteiger charge is -2.18. The van der Waals surface area contributed by atoms with Crippen LogP contribution in [-0.4, -0.2) is 34.3 Å². The summed E-state index contributed by atoms with van der Waals surface area (Å²) in [5.41, 5.74) is 1.79. The topological polar surface area (TPSA) is 67.1 Å². The minimum atomic E-state index is 0.379. The third-order valence-corrected chi connectivity index (χ3v) is 4.45. The van der Waals surface area contributed by atoms with Crippen LogP contribution >= 0.6 is 0 Å². The summed E-state index contributed by atoms with van der Waals surface area (Å²) in [6.07, 6.45) is 5.23. The number of nitrogens with zero attached hydrogens (tertiary/aromatic N) is 4. The summed E-state index contributed by atoms with van der Waals surface area (Å²) in [5.74, 6) is 1.70. The van der Waals surface area contributed by atoms with Gasteiger partial charge in [-0.15, -0.1) is 0 Å². The van der Waals surface area contributed by atoms with E-state index in [9.17, 15) is 0 Å². The Balaban J connectivity index is 1.49. The van der Waals surface area contributed by atoms with E-state index in [1.54, 1.807) is 18.1 Å². The van der Waals surface area contributed by atoms with Crippen LogP contribution in [0.15, 0.2) is 41.7 Å². The predicted molar refractivity (Wildman–Crippen MR) is 91.0 cm³/mol. The standard InChI is InChI=1S/C17H24N6/c1-18-16(19-11-15-21-13-22-23(15)2)20-12-17(8-9-17)10-14-6-4-3-5-7-14/h3-7,13H,8-12H2,1-2H3,(H2,18,19,20). The van der Waals surface area contributed by atoms with Crippen molar-refractivity contribution in [3.63, 3.8) is 0 Å². The summed E-state index contributed by atoms with van der Waals surface area (Å²) in [5, 5.41) is 10.8. The molecule has 2 aromatic rings. The van der Waals surface area contributed by atoms with E-state index in [0.717, 1.165) is 24.7 Å². The fraction of sp³-hybridized carbons (Fsp3) is 0.471. The van der Waals surface area contributed by atoms with Gasteiger partial charge >= 0.3 is 0 Å². The van der Waals surface area contributed by atoms with Crippen LogP contribution in [0.25, 0.3) is 0 Å². The van der Waals surface area contributed by atoms with Crippen molar-refractivity contribution in [1.29, 1.82) is 0 Å². The highest BCUT2D eigenvalue weighted by atomic mass is 15.3. The van der Waals surface area contributed by atoms with Gasteiger partial charge in [-0.2, -0.15) is 5.10 Å². The zero-order valence-corrected chi connectivity index (χ0v) is 13.8. The van der Waals surface area contributed by atoms with E-state index in [1.165, 1.54) is 18.4 Å². The monoisotopic (exact) mass is 312 g/mol. The number of aliphatic imine (C=N–C) groups is 1. The Kier molecular flexibility index (Phi) is 4.60. The molecule has 1 saturated carbocycles. The van der Waals surface area contributed by atoms with E-state index < -0.39 is 0 Å². The molecule has 6 heteroatoms. The first-order valence-corrected chi connectivity index (χ1v) is 8.02. The molecule has 0 amide bonds. The van der Waals surface area contributed by atoms with Gasteiger partial charge in [-0.1, -0.05) is 30.3 Å². The van der Waals surface area contributed by atoms with Crippen LogP contribution in [0.2, 0.25) is 0 Å². The summed E-state index contributed by atoms with van der Waals surface area (Å²) >= 11 is 0. The van der Waals surface area contributed by atoms with Crippen molar-refractivity contribution in [2.75, 3.05) is 13.6 Å². The van der Waals surface area contributed by atoms with Crippen LogP contribution in [0.4, 0.5) is 0 Å². The fourth-order valence-corrected chi connectivity index (χ4v) is 2.76. The number of hydrogen-bond acceptors (Lipinski definition) is 3. The lowest BCUT2D eigenvalue weighted by Crippen LogP contribution is -2.40. The van der Waals surface area contributed by atoms with E-state index >= 15 is 0 Å². The largest absolute Gasteiger partial charge is 0.356 e. The molecule has 6 nitrogen and oxygen atoms in total. The highest BCUT2D eigenvalue weighted by Gasteiger charge is 2.42. The molecule has 23 heavy (non-hydrogen) atoms. The van der Waals surface area contributed by atoms with Gasteiger partial charge in [-0.05, 0) is 30.2 Å². The Labute approximate surface area is 137 Å². The molecule has 0 saturated heterocycles. The maximum Gasteiger partial charge on any atom is 0.191 e. The van der Waals surface area contributed by atoms with Crippen molar-refractivity contribution in [1.82, 2.24) is 25.4 Å². The molecule has 0 unspecified atom stereocenters. The molecular weight excluding hydrogens is 288 g/mol. The summed E-state index contributed by atoms with van der Waals surface area (Å²) in [4.78, 5) is 8.50. The Morgan fingerprint density at radius 2 is 2.04 bits per heavy atom. The molecule has 1 fully saturated rings. The van der Waals surface area contributed by atoms with Crippen molar-refractivity contribution >= 4 is 5.96 Å². The van der Waals surface area contributed by atoms with E-state index in [0.29, 0.717) is 12.0 Å². The fourth-order valence-electron chi connectivity index (χ4n) is 2.76. The Morgan fingerprint density at radius 3 is 2.65 bits per heavy atom. The maximum atomic E-state index is 4.29. The number of guanidine groups is 1. The molecule has 1 aromatic heterocycles. The second-order valence-corrected chi connectivity index (χ2v) is 6.24. The molecule has 0 spiro atoms. The summed E-state index contributed by atoms with van der Waals surface area (Å²) < 4.78 is 1.76. The van der Waals surface area contributed by atoms with E-state index in [2.05, 4.69) is 56.0 Å². The number of aromatic nitrogens is 3. The van der Waals surface area contributed by atoms with Gasteiger partial charge in [0.05, 0.1) is 6.54 Å². The average Bonchev–Trinajstić information content (AvgIpc) is 3.21. The predicted octanol–water partition coefficient (Wildman–Crippen LogP) is 1.50. The van der Waals surface area contributed by atoms with Gasteiger partial charge in [0, 0.05) is 20.6 Å². The quantitative estimate of drug-likeness (QED) is 0.627. The van der Waals surface area contributed by atoms with E-state index in [-0.39, 0.29) is 0 Å². The first kappa shape index (κ1) is 15.5. The first-order valence-electron chi connectivity index (χ1n) is 8.02. The molecular formula is C17H24N6. The van der Waals surface area contributed by atoms with Crippen LogP contribution < -0.4 is 10.6 Å². The smallest absolute Gasteiger partial charge is 0.191 e. The van der Waals surface area contributed by atoms with Crippen molar-refractivity contribution in [2.24, 2.45) is 17.5 Å². The molecule has 0 radical (unpaired) electrons. The number of aryl methyl sites for hydroxylation is 1. The molecule has 2 N–H and O–H groups in total. The van der Waals surface area contributed by atoms with Crippen LogP contribution in [0.5, 0.6) is 0 Å². The van der Waals surface area contributed by atoms with Crippen molar-refractivity contribution in [3.8, 4) is 0 Å². The normalized spacial score (nSPS) is 16.2. The lowest BCUT2D eigenvalue weighted by atomic mass is 9.96. The molecule has 3 rings (SSSR count). The highest BCUT2D eigenvalue weighted by Crippen LogP contribution is 2.47. The van der Waals surface area contributed by atoms with E-state index in [4.69, 9.17) is 0 Å². The summed E-state index contributed by atoms with van der Waals surface area (Å²) in [6, 6.07) is 10.7. The SMILES string of the molecule is CN=C(NCc1ncnn1C)NCC1(Cc2ccccc2)CC1. The van der Waals surface area contributed by atoms with Crippen LogP contribution in [0, 0.1) is 5.41 Å². The van der Waals surface area contributed by atoms with Gasteiger partial charge in [0.15, 0.2) is 5.96 Å². The molecule has 1 aliphatic carbocycles. The summed E-state index contributed by atoms with van der Waals surface area (Å²) in [7, 11) is 3.68. The van der Waals surface area contributed by atoms with Crippen LogP contribution in [-0.2, 0) is 20.0 Å². The van der Waals surface area contributed by atoms with Crippen molar-refractivity contribution in [2.45, 2.75) is 25.8 Å². The van der Waals surface area contributed by atoms with Gasteiger partial charge in [0.25, 0.3) is 0 Å². The number of nitrogens with one attached hydrogen (secondary N) is 2. The van der Waals surface area contributed by atoms with Gasteiger partial charge in [0.2, 0.25) is 0 Å². The molecule has 1 aliphatic rings. The molecule has 0 bridgehead atoms. The van der Waals surface area contributed by atoms with Gasteiger partial charge in [0.1, 0.15) is 12.2 Å².